The Morgan fingerprint density at radius 3 is 3.12 bits per heavy atom. The van der Waals surface area contributed by atoms with Crippen LogP contribution >= 0.6 is 11.3 Å². The van der Waals surface area contributed by atoms with E-state index in [-0.39, 0.29) is 18.1 Å². The van der Waals surface area contributed by atoms with Crippen LogP contribution in [0.1, 0.15) is 21.7 Å². The second kappa shape index (κ2) is 5.62. The molecule has 1 N–H and O–H groups in total. The quantitative estimate of drug-likeness (QED) is 0.892. The molecule has 94 valence electrons. The molecule has 17 heavy (non-hydrogen) atoms. The molecule has 1 aliphatic heterocycles. The van der Waals surface area contributed by atoms with Crippen molar-refractivity contribution >= 4 is 17.2 Å². The van der Waals surface area contributed by atoms with Gasteiger partial charge < -0.3 is 14.8 Å². The second-order valence-corrected chi connectivity index (χ2v) is 5.07. The molecule has 1 aliphatic rings. The summed E-state index contributed by atoms with van der Waals surface area (Å²) in [6, 6.07) is 2.00. The van der Waals surface area contributed by atoms with Gasteiger partial charge in [0.15, 0.2) is 0 Å². The van der Waals surface area contributed by atoms with E-state index in [1.54, 1.807) is 7.11 Å². The number of carbonyl (C=O) groups is 1. The van der Waals surface area contributed by atoms with Crippen molar-refractivity contribution < 1.29 is 14.3 Å². The van der Waals surface area contributed by atoms with Gasteiger partial charge in [-0.3, -0.25) is 4.79 Å². The zero-order valence-electron chi connectivity index (χ0n) is 10.1. The van der Waals surface area contributed by atoms with Crippen LogP contribution in [0, 0.1) is 6.92 Å². The summed E-state index contributed by atoms with van der Waals surface area (Å²) in [4.78, 5) is 12.8. The summed E-state index contributed by atoms with van der Waals surface area (Å²) in [7, 11) is 1.65. The molecular weight excluding hydrogens is 238 g/mol. The van der Waals surface area contributed by atoms with Crippen LogP contribution in [-0.2, 0) is 9.47 Å². The highest BCUT2D eigenvalue weighted by Crippen LogP contribution is 2.17. The zero-order chi connectivity index (χ0) is 12.3. The number of hydrogen-bond donors (Lipinski definition) is 1. The molecule has 0 spiro atoms. The van der Waals surface area contributed by atoms with Crippen LogP contribution in [-0.4, -0.2) is 38.4 Å². The smallest absolute Gasteiger partial charge is 0.261 e. The molecule has 0 radical (unpaired) electrons. The summed E-state index contributed by atoms with van der Waals surface area (Å²) >= 11 is 1.47. The van der Waals surface area contributed by atoms with Crippen LogP contribution in [0.5, 0.6) is 0 Å². The first-order valence-electron chi connectivity index (χ1n) is 5.68. The topological polar surface area (TPSA) is 47.6 Å². The lowest BCUT2D eigenvalue weighted by atomic mass is 10.1. The molecule has 2 atom stereocenters. The van der Waals surface area contributed by atoms with E-state index in [9.17, 15) is 4.79 Å². The van der Waals surface area contributed by atoms with Crippen molar-refractivity contribution in [3.8, 4) is 0 Å². The molecule has 1 aromatic rings. The summed E-state index contributed by atoms with van der Waals surface area (Å²) in [5.41, 5.74) is 1.02. The lowest BCUT2D eigenvalue weighted by molar-refractivity contribution is -0.0478. The first kappa shape index (κ1) is 12.5. The van der Waals surface area contributed by atoms with Gasteiger partial charge in [0.05, 0.1) is 17.5 Å². The average Bonchev–Trinajstić information content (AvgIpc) is 2.76. The fourth-order valence-electron chi connectivity index (χ4n) is 1.95. The minimum absolute atomic E-state index is 0.00792. The number of carbonyl (C=O) groups excluding carboxylic acids is 1. The van der Waals surface area contributed by atoms with Crippen LogP contribution in [0.15, 0.2) is 11.4 Å². The molecule has 1 fully saturated rings. The molecule has 2 rings (SSSR count). The van der Waals surface area contributed by atoms with Gasteiger partial charge in [0.1, 0.15) is 6.10 Å². The molecule has 1 amide bonds. The van der Waals surface area contributed by atoms with Crippen LogP contribution in [0.2, 0.25) is 0 Å². The Balaban J connectivity index is 2.00. The van der Waals surface area contributed by atoms with Crippen LogP contribution < -0.4 is 5.32 Å². The molecule has 0 bridgehead atoms. The van der Waals surface area contributed by atoms with Gasteiger partial charge in [0.2, 0.25) is 0 Å². The fraction of sp³-hybridized carbons (Fsp3) is 0.583. The predicted octanol–water partition coefficient (Wildman–Crippen LogP) is 1.59. The van der Waals surface area contributed by atoms with Crippen molar-refractivity contribution in [1.29, 1.82) is 0 Å². The Bertz CT molecular complexity index is 391. The van der Waals surface area contributed by atoms with Gasteiger partial charge in [-0.05, 0) is 30.4 Å². The number of rotatable bonds is 3. The molecular formula is C12H17NO3S. The number of amides is 1. The van der Waals surface area contributed by atoms with Crippen molar-refractivity contribution in [3.63, 3.8) is 0 Å². The molecule has 5 heteroatoms. The average molecular weight is 255 g/mol. The van der Waals surface area contributed by atoms with Gasteiger partial charge in [0.25, 0.3) is 5.91 Å². The minimum atomic E-state index is -0.0482. The van der Waals surface area contributed by atoms with Crippen molar-refractivity contribution in [2.45, 2.75) is 25.5 Å². The van der Waals surface area contributed by atoms with E-state index in [1.807, 2.05) is 18.4 Å². The van der Waals surface area contributed by atoms with Gasteiger partial charge in [0, 0.05) is 13.7 Å². The Hall–Kier alpha value is -0.910. The number of aryl methyl sites for hydroxylation is 1. The van der Waals surface area contributed by atoms with E-state index in [0.29, 0.717) is 13.2 Å². The number of hydrogen-bond acceptors (Lipinski definition) is 4. The first-order chi connectivity index (χ1) is 8.22. The van der Waals surface area contributed by atoms with Crippen molar-refractivity contribution in [1.82, 2.24) is 5.32 Å². The van der Waals surface area contributed by atoms with E-state index < -0.39 is 0 Å². The maximum absolute atomic E-state index is 12.1. The standard InChI is InChI=1S/C12H17NO3S/c1-8-4-6-17-11(8)12(14)13-9-3-5-16-7-10(9)15-2/h4,6,9-10H,3,5,7H2,1-2H3,(H,13,14)/t9-,10-/m1/s1. The van der Waals surface area contributed by atoms with Crippen molar-refractivity contribution in [3.05, 3.63) is 21.9 Å². The van der Waals surface area contributed by atoms with E-state index in [1.165, 1.54) is 11.3 Å². The maximum Gasteiger partial charge on any atom is 0.261 e. The summed E-state index contributed by atoms with van der Waals surface area (Å²) in [5.74, 6) is -0.00792. The number of methoxy groups -OCH3 is 1. The summed E-state index contributed by atoms with van der Waals surface area (Å²) in [6.07, 6.45) is 0.752. The molecule has 0 aromatic carbocycles. The number of nitrogens with one attached hydrogen (secondary N) is 1. The lowest BCUT2D eigenvalue weighted by Crippen LogP contribution is -2.49. The molecule has 1 saturated heterocycles. The summed E-state index contributed by atoms with van der Waals surface area (Å²) < 4.78 is 10.6. The third-order valence-corrected chi connectivity index (χ3v) is 4.01. The highest BCUT2D eigenvalue weighted by Gasteiger charge is 2.27. The van der Waals surface area contributed by atoms with Gasteiger partial charge in [-0.25, -0.2) is 0 Å². The van der Waals surface area contributed by atoms with Crippen LogP contribution in [0.25, 0.3) is 0 Å². The molecule has 2 heterocycles. The Morgan fingerprint density at radius 2 is 2.47 bits per heavy atom. The van der Waals surface area contributed by atoms with E-state index in [2.05, 4.69) is 5.32 Å². The molecule has 0 unspecified atom stereocenters. The van der Waals surface area contributed by atoms with Gasteiger partial charge in [-0.1, -0.05) is 0 Å². The first-order valence-corrected chi connectivity index (χ1v) is 6.56. The highest BCUT2D eigenvalue weighted by atomic mass is 32.1. The number of ether oxygens (including phenoxy) is 2. The Labute approximate surface area is 105 Å². The second-order valence-electron chi connectivity index (χ2n) is 4.15. The Kier molecular flexibility index (Phi) is 4.15. The van der Waals surface area contributed by atoms with Gasteiger partial charge in [-0.2, -0.15) is 0 Å². The predicted molar refractivity (Wildman–Crippen MR) is 66.5 cm³/mol. The SMILES string of the molecule is CO[C@@H]1COCC[C@H]1NC(=O)c1sccc1C. The van der Waals surface area contributed by atoms with Gasteiger partial charge in [-0.15, -0.1) is 11.3 Å². The molecule has 1 aromatic heterocycles. The molecule has 4 nitrogen and oxygen atoms in total. The third kappa shape index (κ3) is 2.86. The summed E-state index contributed by atoms with van der Waals surface area (Å²) in [5, 5.41) is 4.96. The lowest BCUT2D eigenvalue weighted by Gasteiger charge is -2.30. The maximum atomic E-state index is 12.1. The van der Waals surface area contributed by atoms with E-state index in [4.69, 9.17) is 9.47 Å². The van der Waals surface area contributed by atoms with Crippen LogP contribution in [0.4, 0.5) is 0 Å². The van der Waals surface area contributed by atoms with Crippen molar-refractivity contribution in [2.75, 3.05) is 20.3 Å². The van der Waals surface area contributed by atoms with Crippen LogP contribution in [0.3, 0.4) is 0 Å². The minimum Gasteiger partial charge on any atom is -0.379 e. The largest absolute Gasteiger partial charge is 0.379 e. The van der Waals surface area contributed by atoms with Gasteiger partial charge >= 0.3 is 0 Å². The fourth-order valence-corrected chi connectivity index (χ4v) is 2.78. The molecule has 0 aliphatic carbocycles. The van der Waals surface area contributed by atoms with Crippen molar-refractivity contribution in [2.24, 2.45) is 0 Å². The van der Waals surface area contributed by atoms with E-state index in [0.717, 1.165) is 16.9 Å². The highest BCUT2D eigenvalue weighted by molar-refractivity contribution is 7.12. The molecule has 0 saturated carbocycles. The normalized spacial score (nSPS) is 24.6. The number of thiophene rings is 1. The Morgan fingerprint density at radius 1 is 1.65 bits per heavy atom. The van der Waals surface area contributed by atoms with E-state index >= 15 is 0 Å². The third-order valence-electron chi connectivity index (χ3n) is 2.99. The summed E-state index contributed by atoms with van der Waals surface area (Å²) in [6.45, 7) is 3.17. The monoisotopic (exact) mass is 255 g/mol. The zero-order valence-corrected chi connectivity index (χ0v) is 10.9.